The van der Waals surface area contributed by atoms with Crippen molar-refractivity contribution in [1.29, 1.82) is 0 Å². The Morgan fingerprint density at radius 1 is 1.15 bits per heavy atom. The van der Waals surface area contributed by atoms with Crippen molar-refractivity contribution in [2.24, 2.45) is 0 Å². The Kier molecular flexibility index (Phi) is 5.14. The summed E-state index contributed by atoms with van der Waals surface area (Å²) < 4.78 is 10.5. The maximum Gasteiger partial charge on any atom is 0.269 e. The quantitative estimate of drug-likeness (QED) is 0.688. The molecule has 0 aliphatic carbocycles. The minimum Gasteiger partial charge on any atom is -0.497 e. The van der Waals surface area contributed by atoms with Gasteiger partial charge >= 0.3 is 0 Å². The van der Waals surface area contributed by atoms with Gasteiger partial charge in [-0.1, -0.05) is 11.6 Å². The molecule has 0 radical (unpaired) electrons. The van der Waals surface area contributed by atoms with Gasteiger partial charge in [-0.15, -0.1) is 0 Å². The van der Waals surface area contributed by atoms with E-state index in [-0.39, 0.29) is 12.3 Å². The molecule has 1 heterocycles. The maximum absolute atomic E-state index is 12.1. The Morgan fingerprint density at radius 3 is 2.58 bits per heavy atom. The van der Waals surface area contributed by atoms with Crippen LogP contribution in [0.2, 0.25) is 5.02 Å². The van der Waals surface area contributed by atoms with Gasteiger partial charge in [0.2, 0.25) is 5.91 Å². The second-order valence-corrected chi connectivity index (χ2v) is 6.17. The van der Waals surface area contributed by atoms with E-state index in [4.69, 9.17) is 20.8 Å². The van der Waals surface area contributed by atoms with Crippen LogP contribution >= 0.6 is 11.6 Å². The zero-order valence-corrected chi connectivity index (χ0v) is 15.0. The number of rotatable bonds is 4. The number of carbonyl (C=O) groups excluding carboxylic acids is 2. The average molecular weight is 373 g/mol. The summed E-state index contributed by atoms with van der Waals surface area (Å²) in [7, 11) is 1.55. The highest BCUT2D eigenvalue weighted by Gasteiger charge is 2.13. The van der Waals surface area contributed by atoms with Gasteiger partial charge in [0.25, 0.3) is 5.91 Å². The summed E-state index contributed by atoms with van der Waals surface area (Å²) in [6, 6.07) is 10.1. The predicted molar refractivity (Wildman–Crippen MR) is 98.3 cm³/mol. The maximum atomic E-state index is 12.1. The minimum atomic E-state index is -0.420. The number of hydrogen-bond acceptors (Lipinski definition) is 4. The number of furan rings is 1. The Labute approximate surface area is 155 Å². The Balaban J connectivity index is 1.62. The molecule has 0 atom stereocenters. The van der Waals surface area contributed by atoms with Crippen molar-refractivity contribution in [3.8, 4) is 5.75 Å². The highest BCUT2D eigenvalue weighted by Crippen LogP contribution is 2.27. The normalized spacial score (nSPS) is 10.6. The number of nitrogens with one attached hydrogen (secondary N) is 2. The lowest BCUT2D eigenvalue weighted by Crippen LogP contribution is -2.42. The Bertz CT molecular complexity index is 964. The summed E-state index contributed by atoms with van der Waals surface area (Å²) in [5.41, 5.74) is 7.44. The third-order valence-corrected chi connectivity index (χ3v) is 4.36. The summed E-state index contributed by atoms with van der Waals surface area (Å²) in [5.74, 6) is -0.144. The van der Waals surface area contributed by atoms with E-state index in [0.717, 1.165) is 10.9 Å². The van der Waals surface area contributed by atoms with Crippen LogP contribution in [-0.2, 0) is 11.2 Å². The van der Waals surface area contributed by atoms with E-state index in [2.05, 4.69) is 10.9 Å². The topological polar surface area (TPSA) is 80.6 Å². The number of carbonyl (C=O) groups is 2. The number of ether oxygens (including phenoxy) is 1. The van der Waals surface area contributed by atoms with Crippen LogP contribution in [0.4, 0.5) is 0 Å². The van der Waals surface area contributed by atoms with E-state index in [1.165, 1.54) is 6.26 Å². The van der Waals surface area contributed by atoms with E-state index < -0.39 is 5.91 Å². The summed E-state index contributed by atoms with van der Waals surface area (Å²) >= 11 is 6.14. The van der Waals surface area contributed by atoms with Gasteiger partial charge < -0.3 is 9.15 Å². The smallest absolute Gasteiger partial charge is 0.269 e. The molecule has 2 amide bonds. The molecule has 6 nitrogen and oxygen atoms in total. The van der Waals surface area contributed by atoms with Crippen molar-refractivity contribution in [3.05, 3.63) is 64.4 Å². The van der Waals surface area contributed by atoms with Crippen LogP contribution in [0, 0.1) is 6.92 Å². The number of hydrogen-bond donors (Lipinski definition) is 2. The van der Waals surface area contributed by atoms with Crippen molar-refractivity contribution in [2.75, 3.05) is 7.11 Å². The van der Waals surface area contributed by atoms with Crippen LogP contribution in [0.25, 0.3) is 11.0 Å². The van der Waals surface area contributed by atoms with Crippen LogP contribution in [0.5, 0.6) is 5.75 Å². The fourth-order valence-corrected chi connectivity index (χ4v) is 2.66. The number of amides is 2. The van der Waals surface area contributed by atoms with Crippen molar-refractivity contribution >= 4 is 34.4 Å². The van der Waals surface area contributed by atoms with Gasteiger partial charge in [0.1, 0.15) is 11.3 Å². The monoisotopic (exact) mass is 372 g/mol. The van der Waals surface area contributed by atoms with Crippen LogP contribution < -0.4 is 15.6 Å². The third-order valence-electron chi connectivity index (χ3n) is 3.95. The molecule has 1 aromatic heterocycles. The van der Waals surface area contributed by atoms with E-state index >= 15 is 0 Å². The highest BCUT2D eigenvalue weighted by molar-refractivity contribution is 6.32. The van der Waals surface area contributed by atoms with Gasteiger partial charge in [-0.2, -0.15) is 0 Å². The van der Waals surface area contributed by atoms with Gasteiger partial charge in [0.15, 0.2) is 0 Å². The minimum absolute atomic E-state index is 0.0509. The molecule has 2 aromatic carbocycles. The first kappa shape index (κ1) is 17.8. The van der Waals surface area contributed by atoms with Crippen LogP contribution in [0.1, 0.15) is 21.5 Å². The molecule has 7 heteroatoms. The molecular formula is C19H17ClN2O4. The van der Waals surface area contributed by atoms with E-state index in [1.807, 2.05) is 13.0 Å². The lowest BCUT2D eigenvalue weighted by atomic mass is 10.1. The number of hydrazine groups is 1. The number of benzene rings is 2. The average Bonchev–Trinajstić information content (AvgIpc) is 3.01. The molecular weight excluding hydrogens is 356 g/mol. The molecule has 0 spiro atoms. The largest absolute Gasteiger partial charge is 0.497 e. The van der Waals surface area contributed by atoms with E-state index in [0.29, 0.717) is 27.5 Å². The second kappa shape index (κ2) is 7.49. The lowest BCUT2D eigenvalue weighted by molar-refractivity contribution is -0.121. The van der Waals surface area contributed by atoms with E-state index in [9.17, 15) is 9.59 Å². The lowest BCUT2D eigenvalue weighted by Gasteiger charge is -2.07. The number of methoxy groups -OCH3 is 1. The van der Waals surface area contributed by atoms with Gasteiger partial charge in [-0.05, 0) is 48.9 Å². The molecule has 0 saturated heterocycles. The summed E-state index contributed by atoms with van der Waals surface area (Å²) in [4.78, 5) is 24.2. The molecule has 3 rings (SSSR count). The molecule has 3 aromatic rings. The SMILES string of the molecule is COc1ccc(C(=O)NNC(=O)Cc2coc3cc(C)c(Cl)cc23)cc1. The van der Waals surface area contributed by atoms with Crippen molar-refractivity contribution in [2.45, 2.75) is 13.3 Å². The van der Waals surface area contributed by atoms with Crippen LogP contribution in [0.3, 0.4) is 0 Å². The second-order valence-electron chi connectivity index (χ2n) is 5.77. The zero-order valence-electron chi connectivity index (χ0n) is 14.3. The van der Waals surface area contributed by atoms with Crippen LogP contribution in [0.15, 0.2) is 47.1 Å². The molecule has 0 fully saturated rings. The molecule has 0 saturated carbocycles. The highest BCUT2D eigenvalue weighted by atomic mass is 35.5. The van der Waals surface area contributed by atoms with Crippen molar-refractivity contribution in [3.63, 3.8) is 0 Å². The molecule has 134 valence electrons. The molecule has 0 bridgehead atoms. The van der Waals surface area contributed by atoms with Crippen molar-refractivity contribution in [1.82, 2.24) is 10.9 Å². The Morgan fingerprint density at radius 2 is 1.88 bits per heavy atom. The van der Waals surface area contributed by atoms with Gasteiger partial charge in [-0.3, -0.25) is 20.4 Å². The van der Waals surface area contributed by atoms with Gasteiger partial charge in [-0.25, -0.2) is 0 Å². The number of aryl methyl sites for hydroxylation is 1. The number of fused-ring (bicyclic) bond motifs is 1. The first-order valence-corrected chi connectivity index (χ1v) is 8.25. The summed E-state index contributed by atoms with van der Waals surface area (Å²) in [6.45, 7) is 1.88. The fraction of sp³-hybridized carbons (Fsp3) is 0.158. The molecule has 0 unspecified atom stereocenters. The Hall–Kier alpha value is -2.99. The van der Waals surface area contributed by atoms with Gasteiger partial charge in [0.05, 0.1) is 19.8 Å². The number of halogens is 1. The molecule has 0 aliphatic rings. The first-order valence-electron chi connectivity index (χ1n) is 7.87. The summed E-state index contributed by atoms with van der Waals surface area (Å²) in [5, 5.41) is 1.38. The molecule has 0 aliphatic heterocycles. The van der Waals surface area contributed by atoms with Crippen molar-refractivity contribution < 1.29 is 18.7 Å². The zero-order chi connectivity index (χ0) is 18.7. The predicted octanol–water partition coefficient (Wildman–Crippen LogP) is 3.41. The first-order chi connectivity index (χ1) is 12.5. The third kappa shape index (κ3) is 3.81. The summed E-state index contributed by atoms with van der Waals surface area (Å²) in [6.07, 6.45) is 1.57. The fourth-order valence-electron chi connectivity index (χ4n) is 2.50. The van der Waals surface area contributed by atoms with E-state index in [1.54, 1.807) is 37.4 Å². The molecule has 26 heavy (non-hydrogen) atoms. The van der Waals surface area contributed by atoms with Crippen LogP contribution in [-0.4, -0.2) is 18.9 Å². The van der Waals surface area contributed by atoms with Gasteiger partial charge in [0, 0.05) is 21.5 Å². The molecule has 2 N–H and O–H groups in total. The standard InChI is InChI=1S/C19H17ClN2O4/c1-11-7-17-15(9-16(11)20)13(10-26-17)8-18(23)21-22-19(24)12-3-5-14(25-2)6-4-12/h3-7,9-10H,8H2,1-2H3,(H,21,23)(H,22,24).